The molecular formula is C25H23N5O4S. The molecule has 0 radical (unpaired) electrons. The molecule has 0 spiro atoms. The van der Waals surface area contributed by atoms with Crippen molar-refractivity contribution in [1.29, 1.82) is 5.26 Å². The maximum Gasteiger partial charge on any atom is 0.332 e. The molecule has 1 aromatic carbocycles. The van der Waals surface area contributed by atoms with E-state index < -0.39 is 23.4 Å². The average molecular weight is 490 g/mol. The van der Waals surface area contributed by atoms with E-state index in [4.69, 9.17) is 5.73 Å². The normalized spacial score (nSPS) is 15.1. The summed E-state index contributed by atoms with van der Waals surface area (Å²) in [6, 6.07) is 12.7. The highest BCUT2D eigenvalue weighted by Crippen LogP contribution is 2.36. The first-order valence-electron chi connectivity index (χ1n) is 10.1. The summed E-state index contributed by atoms with van der Waals surface area (Å²) in [5, 5.41) is 12.8. The van der Waals surface area contributed by atoms with Gasteiger partial charge in [-0.25, -0.2) is 4.79 Å². The highest BCUT2D eigenvalue weighted by atomic mass is 32.1. The highest BCUT2D eigenvalue weighted by Gasteiger charge is 2.35. The predicted molar refractivity (Wildman–Crippen MR) is 134 cm³/mol. The number of esters is 1. The van der Waals surface area contributed by atoms with Crippen molar-refractivity contribution in [1.82, 2.24) is 9.55 Å². The Bertz CT molecular complexity index is 1560. The molecule has 3 N–H and O–H groups in total. The molecule has 1 aliphatic rings. The second-order valence-electron chi connectivity index (χ2n) is 7.45. The number of hydrogen-bond acceptors (Lipinski definition) is 8. The molecule has 0 aliphatic carbocycles. The van der Waals surface area contributed by atoms with Crippen molar-refractivity contribution < 1.29 is 14.3 Å². The van der Waals surface area contributed by atoms with E-state index in [9.17, 15) is 19.6 Å². The van der Waals surface area contributed by atoms with Gasteiger partial charge in [-0.1, -0.05) is 25.6 Å². The summed E-state index contributed by atoms with van der Waals surface area (Å²) in [4.78, 5) is 42.7. The molecular weight excluding hydrogens is 466 g/mol. The lowest BCUT2D eigenvalue weighted by molar-refractivity contribution is -0.133. The zero-order valence-corrected chi connectivity index (χ0v) is 19.1. The van der Waals surface area contributed by atoms with Gasteiger partial charge < -0.3 is 15.8 Å². The topological polar surface area (TPSA) is 140 Å². The van der Waals surface area contributed by atoms with Crippen molar-refractivity contribution in [3.63, 3.8) is 0 Å². The van der Waals surface area contributed by atoms with Gasteiger partial charge in [-0.3, -0.25) is 19.1 Å². The maximum absolute atomic E-state index is 13.6. The molecule has 10 heteroatoms. The molecule has 3 heterocycles. The number of carbonyl (C=O) groups excluding carboxylic acids is 2. The number of anilines is 1. The Labute approximate surface area is 205 Å². The summed E-state index contributed by atoms with van der Waals surface area (Å²) in [5.41, 5.74) is 7.87. The number of ether oxygens (including phenoxy) is 1. The smallest absolute Gasteiger partial charge is 0.332 e. The zero-order chi connectivity index (χ0) is 24.4. The number of nitriles is 1. The van der Waals surface area contributed by atoms with Crippen LogP contribution >= 0.6 is 11.3 Å². The van der Waals surface area contributed by atoms with Gasteiger partial charge in [0.1, 0.15) is 15.0 Å². The molecule has 3 aromatic rings. The van der Waals surface area contributed by atoms with Crippen LogP contribution in [0.5, 0.6) is 0 Å². The number of nitrogens with zero attached hydrogens (tertiary/aromatic N) is 3. The fourth-order valence-corrected chi connectivity index (χ4v) is 4.87. The fourth-order valence-electron chi connectivity index (χ4n) is 3.73. The number of carbonyl (C=O) groups is 2. The lowest BCUT2D eigenvalue weighted by Gasteiger charge is -2.25. The van der Waals surface area contributed by atoms with Crippen molar-refractivity contribution in [2.24, 2.45) is 5.73 Å². The number of allylic oxidation sites excluding steroid dienone is 1. The minimum absolute atomic E-state index is 0. The summed E-state index contributed by atoms with van der Waals surface area (Å²) in [6.45, 7) is 1.89. The molecule has 1 atom stereocenters. The monoisotopic (exact) mass is 489 g/mol. The zero-order valence-electron chi connectivity index (χ0n) is 18.2. The van der Waals surface area contributed by atoms with Crippen LogP contribution in [0.15, 0.2) is 59.2 Å². The van der Waals surface area contributed by atoms with E-state index in [1.54, 1.807) is 36.5 Å². The number of aromatic nitrogens is 2. The molecule has 1 aliphatic heterocycles. The van der Waals surface area contributed by atoms with Crippen LogP contribution < -0.4 is 25.8 Å². The van der Waals surface area contributed by atoms with Crippen LogP contribution in [0, 0.1) is 18.3 Å². The molecule has 0 fully saturated rings. The number of nitrogens with two attached hydrogens (primary N) is 1. The van der Waals surface area contributed by atoms with Crippen LogP contribution in [0.1, 0.15) is 24.5 Å². The lowest BCUT2D eigenvalue weighted by atomic mass is 9.84. The van der Waals surface area contributed by atoms with Crippen molar-refractivity contribution in [3.8, 4) is 6.07 Å². The van der Waals surface area contributed by atoms with E-state index in [1.165, 1.54) is 13.3 Å². The first-order valence-corrected chi connectivity index (χ1v) is 10.9. The Morgan fingerprint density at radius 3 is 2.71 bits per heavy atom. The number of aryl methyl sites for hydroxylation is 1. The van der Waals surface area contributed by atoms with Crippen molar-refractivity contribution in [2.45, 2.75) is 20.3 Å². The number of thiazole rings is 1. The Morgan fingerprint density at radius 2 is 2.09 bits per heavy atom. The minimum Gasteiger partial charge on any atom is -0.466 e. The van der Waals surface area contributed by atoms with E-state index in [0.29, 0.717) is 11.3 Å². The highest BCUT2D eigenvalue weighted by molar-refractivity contribution is 7.07. The summed E-state index contributed by atoms with van der Waals surface area (Å²) < 4.78 is 5.97. The molecule has 0 bridgehead atoms. The largest absolute Gasteiger partial charge is 0.466 e. The van der Waals surface area contributed by atoms with Gasteiger partial charge in [-0.2, -0.15) is 5.26 Å². The first-order chi connectivity index (χ1) is 16.3. The number of hydrogen-bond donors (Lipinski definition) is 2. The van der Waals surface area contributed by atoms with Crippen LogP contribution in [0.2, 0.25) is 0 Å². The van der Waals surface area contributed by atoms with Crippen LogP contribution in [0.4, 0.5) is 5.69 Å². The SMILES string of the molecule is C.COC(=O)/C=c1\sc2n(c1=O)C(N)=C(C#N)C(c1cccnc1)C=2C(=O)Nc1cccc(C)c1. The first kappa shape index (κ1) is 25.1. The average Bonchev–Trinajstić information content (AvgIpc) is 3.15. The van der Waals surface area contributed by atoms with Crippen LogP contribution in [-0.2, 0) is 14.3 Å². The van der Waals surface area contributed by atoms with Gasteiger partial charge in [-0.05, 0) is 36.2 Å². The summed E-state index contributed by atoms with van der Waals surface area (Å²) in [7, 11) is 1.19. The second-order valence-corrected chi connectivity index (χ2v) is 8.48. The third-order valence-electron chi connectivity index (χ3n) is 5.26. The van der Waals surface area contributed by atoms with Crippen molar-refractivity contribution in [2.75, 3.05) is 12.4 Å². The third-order valence-corrected chi connectivity index (χ3v) is 6.37. The van der Waals surface area contributed by atoms with Gasteiger partial charge in [0, 0.05) is 24.2 Å². The van der Waals surface area contributed by atoms with E-state index >= 15 is 0 Å². The van der Waals surface area contributed by atoms with Crippen molar-refractivity contribution in [3.05, 3.63) is 85.0 Å². The van der Waals surface area contributed by atoms with Crippen LogP contribution in [-0.4, -0.2) is 28.5 Å². The number of pyridine rings is 1. The Morgan fingerprint density at radius 1 is 1.31 bits per heavy atom. The van der Waals surface area contributed by atoms with Gasteiger partial charge in [0.05, 0.1) is 30.2 Å². The molecule has 178 valence electrons. The predicted octanol–water partition coefficient (Wildman–Crippen LogP) is 1.44. The molecule has 35 heavy (non-hydrogen) atoms. The lowest BCUT2D eigenvalue weighted by Crippen LogP contribution is -2.40. The Balaban J connectivity index is 0.00000342. The quantitative estimate of drug-likeness (QED) is 0.529. The van der Waals surface area contributed by atoms with E-state index in [0.717, 1.165) is 27.5 Å². The van der Waals surface area contributed by atoms with Crippen LogP contribution in [0.3, 0.4) is 0 Å². The number of fused-ring (bicyclic) bond motifs is 1. The van der Waals surface area contributed by atoms with Gasteiger partial charge in [-0.15, -0.1) is 11.3 Å². The number of methoxy groups -OCH3 is 1. The Kier molecular flexibility index (Phi) is 7.32. The van der Waals surface area contributed by atoms with Gasteiger partial charge in [0.2, 0.25) is 0 Å². The van der Waals surface area contributed by atoms with E-state index in [-0.39, 0.29) is 33.6 Å². The maximum atomic E-state index is 13.6. The number of amides is 1. The molecule has 1 unspecified atom stereocenters. The third kappa shape index (κ3) is 4.62. The molecule has 2 aromatic heterocycles. The number of benzene rings is 1. The number of nitrogens with one attached hydrogen (secondary N) is 1. The standard InChI is InChI=1S/C24H19N5O4S.CH4/c1-13-5-3-7-15(9-13)28-22(31)20-19(14-6-4-8-27-12-14)16(11-25)21(26)29-23(32)17(34-24(20)29)10-18(30)33-2;/h3-10,12,19H,26H2,1-2H3,(H,28,31);1H4/b17-10-;. The molecule has 9 nitrogen and oxygen atoms in total. The fraction of sp³-hybridized carbons (Fsp3) is 0.160. The molecule has 0 saturated heterocycles. The minimum atomic E-state index is -0.868. The van der Waals surface area contributed by atoms with Crippen molar-refractivity contribution >= 4 is 46.4 Å². The molecule has 4 rings (SSSR count). The van der Waals surface area contributed by atoms with E-state index in [2.05, 4.69) is 21.1 Å². The molecule has 0 saturated carbocycles. The molecule has 1 amide bonds. The second kappa shape index (κ2) is 10.2. The summed E-state index contributed by atoms with van der Waals surface area (Å²) >= 11 is 0.923. The van der Waals surface area contributed by atoms with Crippen LogP contribution in [0.25, 0.3) is 17.5 Å². The van der Waals surface area contributed by atoms with Gasteiger partial charge >= 0.3 is 5.97 Å². The van der Waals surface area contributed by atoms with Gasteiger partial charge in [0.25, 0.3) is 11.5 Å². The van der Waals surface area contributed by atoms with E-state index in [1.807, 2.05) is 13.0 Å². The Hall–Kier alpha value is -4.49. The summed E-state index contributed by atoms with van der Waals surface area (Å²) in [5.74, 6) is -2.22. The number of rotatable bonds is 4. The summed E-state index contributed by atoms with van der Waals surface area (Å²) in [6.07, 6.45) is 4.15. The van der Waals surface area contributed by atoms with Gasteiger partial charge in [0.15, 0.2) is 0 Å².